The third-order valence-corrected chi connectivity index (χ3v) is 3.62. The van der Waals surface area contributed by atoms with Crippen molar-refractivity contribution in [2.45, 2.75) is 0 Å². The number of hydrogen-bond donors (Lipinski definition) is 0. The number of anilines is 1. The molecule has 0 aromatic heterocycles. The van der Waals surface area contributed by atoms with E-state index in [1.54, 1.807) is 18.2 Å². The number of amides is 1. The third-order valence-electron chi connectivity index (χ3n) is 3.62. The van der Waals surface area contributed by atoms with Crippen LogP contribution in [0.3, 0.4) is 0 Å². The van der Waals surface area contributed by atoms with Crippen LogP contribution in [0, 0.1) is 29.1 Å². The summed E-state index contributed by atoms with van der Waals surface area (Å²) in [6.07, 6.45) is 0.681. The normalized spacial score (nSPS) is 15.5. The SMILES string of the molecule is CN1C(=O)C(=Cc2c(F)c(F)c(F)c(F)c2F)c2ccccc21. The molecule has 0 unspecified atom stereocenters. The van der Waals surface area contributed by atoms with E-state index < -0.39 is 40.6 Å². The number of fused-ring (bicyclic) bond motifs is 1. The fraction of sp³-hybridized carbons (Fsp3) is 0.0625. The van der Waals surface area contributed by atoms with Crippen LogP contribution in [0.4, 0.5) is 27.6 Å². The molecule has 2 aromatic carbocycles. The Morgan fingerprint density at radius 2 is 1.39 bits per heavy atom. The molecule has 0 saturated carbocycles. The molecule has 0 saturated heterocycles. The standard InChI is InChI=1S/C16H8F5NO/c1-22-10-5-3-2-4-7(10)8(16(22)23)6-9-11(17)13(19)15(21)14(20)12(9)18/h2-6H,1H3. The van der Waals surface area contributed by atoms with Crippen LogP contribution in [0.25, 0.3) is 11.6 Å². The van der Waals surface area contributed by atoms with Gasteiger partial charge in [0, 0.05) is 12.6 Å². The number of hydrogen-bond acceptors (Lipinski definition) is 1. The van der Waals surface area contributed by atoms with Gasteiger partial charge in [-0.05, 0) is 12.1 Å². The van der Waals surface area contributed by atoms with Crippen LogP contribution in [-0.4, -0.2) is 13.0 Å². The second-order valence-corrected chi connectivity index (χ2v) is 4.92. The summed E-state index contributed by atoms with van der Waals surface area (Å²) in [5.41, 5.74) is -0.460. The minimum absolute atomic E-state index is 0.147. The molecule has 0 radical (unpaired) electrons. The zero-order valence-electron chi connectivity index (χ0n) is 11.6. The molecular formula is C16H8F5NO. The van der Waals surface area contributed by atoms with Gasteiger partial charge in [0.15, 0.2) is 23.3 Å². The molecule has 2 nitrogen and oxygen atoms in total. The highest BCUT2D eigenvalue weighted by molar-refractivity contribution is 6.35. The first-order chi connectivity index (χ1) is 10.8. The van der Waals surface area contributed by atoms with Gasteiger partial charge in [-0.15, -0.1) is 0 Å². The predicted molar refractivity (Wildman–Crippen MR) is 74.0 cm³/mol. The monoisotopic (exact) mass is 325 g/mol. The summed E-state index contributed by atoms with van der Waals surface area (Å²) >= 11 is 0. The first-order valence-corrected chi connectivity index (χ1v) is 6.45. The van der Waals surface area contributed by atoms with E-state index in [0.29, 0.717) is 17.3 Å². The molecule has 0 aliphatic carbocycles. The second-order valence-electron chi connectivity index (χ2n) is 4.92. The number of halogens is 5. The lowest BCUT2D eigenvalue weighted by molar-refractivity contribution is -0.112. The van der Waals surface area contributed by atoms with Crippen molar-refractivity contribution in [3.8, 4) is 0 Å². The molecule has 118 valence electrons. The largest absolute Gasteiger partial charge is 0.311 e. The molecule has 1 heterocycles. The lowest BCUT2D eigenvalue weighted by Crippen LogP contribution is -2.20. The van der Waals surface area contributed by atoms with Crippen LogP contribution in [0.2, 0.25) is 0 Å². The van der Waals surface area contributed by atoms with E-state index in [1.165, 1.54) is 18.0 Å². The first-order valence-electron chi connectivity index (χ1n) is 6.45. The van der Waals surface area contributed by atoms with Gasteiger partial charge in [0.2, 0.25) is 5.82 Å². The van der Waals surface area contributed by atoms with Crippen LogP contribution in [0.1, 0.15) is 11.1 Å². The number of benzene rings is 2. The molecular weight excluding hydrogens is 317 g/mol. The van der Waals surface area contributed by atoms with E-state index >= 15 is 0 Å². The Balaban J connectivity index is 2.27. The highest BCUT2D eigenvalue weighted by atomic mass is 19.2. The van der Waals surface area contributed by atoms with Gasteiger partial charge < -0.3 is 4.90 Å². The summed E-state index contributed by atoms with van der Waals surface area (Å²) in [5, 5.41) is 0. The van der Waals surface area contributed by atoms with E-state index in [0.717, 1.165) is 0 Å². The Bertz CT molecular complexity index is 846. The predicted octanol–water partition coefficient (Wildman–Crippen LogP) is 3.90. The number of para-hydroxylation sites is 1. The molecule has 0 atom stereocenters. The van der Waals surface area contributed by atoms with Crippen molar-refractivity contribution in [1.29, 1.82) is 0 Å². The van der Waals surface area contributed by atoms with Crippen molar-refractivity contribution < 1.29 is 26.7 Å². The smallest absolute Gasteiger partial charge is 0.258 e. The Kier molecular flexibility index (Phi) is 3.43. The molecule has 2 aromatic rings. The van der Waals surface area contributed by atoms with Crippen LogP contribution < -0.4 is 4.90 Å². The Morgan fingerprint density at radius 1 is 0.870 bits per heavy atom. The summed E-state index contributed by atoms with van der Waals surface area (Å²) in [4.78, 5) is 13.4. The minimum atomic E-state index is -2.24. The van der Waals surface area contributed by atoms with Crippen molar-refractivity contribution >= 4 is 23.2 Å². The van der Waals surface area contributed by atoms with Crippen LogP contribution in [0.15, 0.2) is 24.3 Å². The summed E-state index contributed by atoms with van der Waals surface area (Å²) in [6.45, 7) is 0. The zero-order valence-corrected chi connectivity index (χ0v) is 11.6. The van der Waals surface area contributed by atoms with Gasteiger partial charge in [-0.25, -0.2) is 22.0 Å². The molecule has 1 aliphatic heterocycles. The highest BCUT2D eigenvalue weighted by Gasteiger charge is 2.31. The first kappa shape index (κ1) is 15.2. The molecule has 0 spiro atoms. The number of carbonyl (C=O) groups is 1. The average Bonchev–Trinajstić information content (AvgIpc) is 2.80. The van der Waals surface area contributed by atoms with Gasteiger partial charge >= 0.3 is 0 Å². The average molecular weight is 325 g/mol. The van der Waals surface area contributed by atoms with Crippen molar-refractivity contribution in [2.24, 2.45) is 0 Å². The quantitative estimate of drug-likeness (QED) is 0.337. The summed E-state index contributed by atoms with van der Waals surface area (Å²) in [5.74, 6) is -10.9. The number of likely N-dealkylation sites (N-methyl/N-ethyl adjacent to an activating group) is 1. The van der Waals surface area contributed by atoms with Crippen molar-refractivity contribution in [2.75, 3.05) is 11.9 Å². The number of nitrogens with zero attached hydrogens (tertiary/aromatic N) is 1. The van der Waals surface area contributed by atoms with Gasteiger partial charge in [-0.1, -0.05) is 18.2 Å². The minimum Gasteiger partial charge on any atom is -0.311 e. The Morgan fingerprint density at radius 3 is 2.00 bits per heavy atom. The van der Waals surface area contributed by atoms with Crippen molar-refractivity contribution in [3.63, 3.8) is 0 Å². The van der Waals surface area contributed by atoms with E-state index in [1.807, 2.05) is 0 Å². The maximum Gasteiger partial charge on any atom is 0.258 e. The molecule has 1 amide bonds. The number of carbonyl (C=O) groups excluding carboxylic acids is 1. The Labute approximate surface area is 127 Å². The van der Waals surface area contributed by atoms with Crippen LogP contribution >= 0.6 is 0 Å². The van der Waals surface area contributed by atoms with Crippen LogP contribution in [-0.2, 0) is 4.79 Å². The molecule has 3 rings (SSSR count). The Hall–Kier alpha value is -2.70. The van der Waals surface area contributed by atoms with Crippen LogP contribution in [0.5, 0.6) is 0 Å². The lowest BCUT2D eigenvalue weighted by atomic mass is 10.0. The molecule has 23 heavy (non-hydrogen) atoms. The lowest BCUT2D eigenvalue weighted by Gasteiger charge is -2.08. The molecule has 1 aliphatic rings. The summed E-state index contributed by atoms with van der Waals surface area (Å²) in [7, 11) is 1.44. The molecule has 0 N–H and O–H groups in total. The molecule has 0 bridgehead atoms. The maximum absolute atomic E-state index is 13.8. The van der Waals surface area contributed by atoms with Gasteiger partial charge in [0.25, 0.3) is 5.91 Å². The fourth-order valence-electron chi connectivity index (χ4n) is 2.43. The van der Waals surface area contributed by atoms with Crippen molar-refractivity contribution in [1.82, 2.24) is 0 Å². The van der Waals surface area contributed by atoms with E-state index in [9.17, 15) is 26.7 Å². The topological polar surface area (TPSA) is 20.3 Å². The summed E-state index contributed by atoms with van der Waals surface area (Å²) in [6, 6.07) is 6.38. The maximum atomic E-state index is 13.8. The van der Waals surface area contributed by atoms with E-state index in [4.69, 9.17) is 0 Å². The fourth-order valence-corrected chi connectivity index (χ4v) is 2.43. The zero-order chi connectivity index (χ0) is 16.9. The van der Waals surface area contributed by atoms with Gasteiger partial charge in [0.1, 0.15) is 0 Å². The number of rotatable bonds is 1. The van der Waals surface area contributed by atoms with E-state index in [-0.39, 0.29) is 5.57 Å². The summed E-state index contributed by atoms with van der Waals surface area (Å²) < 4.78 is 67.1. The molecule has 7 heteroatoms. The van der Waals surface area contributed by atoms with Crippen molar-refractivity contribution in [3.05, 3.63) is 64.5 Å². The van der Waals surface area contributed by atoms with E-state index in [2.05, 4.69) is 0 Å². The van der Waals surface area contributed by atoms with Gasteiger partial charge in [-0.3, -0.25) is 4.79 Å². The van der Waals surface area contributed by atoms with Gasteiger partial charge in [-0.2, -0.15) is 0 Å². The molecule has 0 fully saturated rings. The second kappa shape index (κ2) is 5.19. The van der Waals surface area contributed by atoms with Gasteiger partial charge in [0.05, 0.1) is 16.8 Å². The third kappa shape index (κ3) is 2.11. The highest BCUT2D eigenvalue weighted by Crippen LogP contribution is 2.37.